The van der Waals surface area contributed by atoms with Gasteiger partial charge in [-0.1, -0.05) is 0 Å². The van der Waals surface area contributed by atoms with Crippen LogP contribution >= 0.6 is 24.0 Å². The average molecular weight is 471 g/mol. The molecular formula is C15H23FIN3O3S. The van der Waals surface area contributed by atoms with Gasteiger partial charge in [0.25, 0.3) is 0 Å². The first-order chi connectivity index (χ1) is 10.9. The number of nitrogens with zero attached hydrogens (tertiary/aromatic N) is 1. The number of hydrogen-bond acceptors (Lipinski definition) is 4. The highest BCUT2D eigenvalue weighted by molar-refractivity contribution is 14.0. The minimum absolute atomic E-state index is 0. The summed E-state index contributed by atoms with van der Waals surface area (Å²) in [5.74, 6) is 1.17. The van der Waals surface area contributed by atoms with Gasteiger partial charge in [0.15, 0.2) is 15.8 Å². The predicted octanol–water partition coefficient (Wildman–Crippen LogP) is 1.56. The second-order valence-electron chi connectivity index (χ2n) is 5.58. The number of halogens is 2. The molecule has 2 atom stereocenters. The lowest BCUT2D eigenvalue weighted by Crippen LogP contribution is -2.46. The fourth-order valence-electron chi connectivity index (χ4n) is 2.32. The summed E-state index contributed by atoms with van der Waals surface area (Å²) in [7, 11) is -1.30. The number of guanidine groups is 1. The molecule has 1 heterocycles. The SMILES string of the molecule is CN=C(NCC(C)Oc1ccc(F)cc1)NC1CCS(=O)(=O)C1.I. The fraction of sp³-hybridized carbons (Fsp3) is 0.533. The van der Waals surface area contributed by atoms with E-state index in [1.807, 2.05) is 6.92 Å². The molecule has 9 heteroatoms. The number of aliphatic imine (C=N–C) groups is 1. The van der Waals surface area contributed by atoms with Gasteiger partial charge in [0.05, 0.1) is 18.1 Å². The minimum Gasteiger partial charge on any atom is -0.489 e. The predicted molar refractivity (Wildman–Crippen MR) is 103 cm³/mol. The number of rotatable bonds is 5. The van der Waals surface area contributed by atoms with E-state index in [9.17, 15) is 12.8 Å². The molecule has 0 aromatic heterocycles. The van der Waals surface area contributed by atoms with Gasteiger partial charge in [-0.15, -0.1) is 24.0 Å². The average Bonchev–Trinajstić information content (AvgIpc) is 2.85. The number of nitrogens with one attached hydrogen (secondary N) is 2. The molecule has 1 aromatic carbocycles. The topological polar surface area (TPSA) is 79.8 Å². The van der Waals surface area contributed by atoms with Crippen molar-refractivity contribution in [3.05, 3.63) is 30.1 Å². The Morgan fingerprint density at radius 3 is 2.62 bits per heavy atom. The summed E-state index contributed by atoms with van der Waals surface area (Å²) < 4.78 is 41.4. The number of hydrogen-bond donors (Lipinski definition) is 2. The number of ether oxygens (including phenoxy) is 1. The Morgan fingerprint density at radius 1 is 1.42 bits per heavy atom. The lowest BCUT2D eigenvalue weighted by molar-refractivity contribution is 0.223. The van der Waals surface area contributed by atoms with Crippen molar-refractivity contribution in [3.63, 3.8) is 0 Å². The van der Waals surface area contributed by atoms with Crippen molar-refractivity contribution in [3.8, 4) is 5.75 Å². The molecule has 2 N–H and O–H groups in total. The van der Waals surface area contributed by atoms with Crippen molar-refractivity contribution in [1.82, 2.24) is 10.6 Å². The number of sulfone groups is 1. The normalized spacial score (nSPS) is 20.8. The summed E-state index contributed by atoms with van der Waals surface area (Å²) >= 11 is 0. The van der Waals surface area contributed by atoms with E-state index in [4.69, 9.17) is 4.74 Å². The second-order valence-corrected chi connectivity index (χ2v) is 7.81. The van der Waals surface area contributed by atoms with Gasteiger partial charge < -0.3 is 15.4 Å². The van der Waals surface area contributed by atoms with Crippen molar-refractivity contribution < 1.29 is 17.5 Å². The van der Waals surface area contributed by atoms with Gasteiger partial charge in [0.2, 0.25) is 0 Å². The zero-order valence-electron chi connectivity index (χ0n) is 13.7. The molecule has 2 rings (SSSR count). The Bertz CT molecular complexity index is 652. The molecular weight excluding hydrogens is 448 g/mol. The third-order valence-corrected chi connectivity index (χ3v) is 5.27. The Labute approximate surface area is 159 Å². The van der Waals surface area contributed by atoms with E-state index >= 15 is 0 Å². The molecule has 1 aliphatic rings. The van der Waals surface area contributed by atoms with E-state index in [1.54, 1.807) is 19.2 Å². The van der Waals surface area contributed by atoms with E-state index in [0.717, 1.165) is 0 Å². The molecule has 24 heavy (non-hydrogen) atoms. The molecule has 1 aromatic rings. The van der Waals surface area contributed by atoms with Crippen LogP contribution in [0.4, 0.5) is 4.39 Å². The van der Waals surface area contributed by atoms with Crippen LogP contribution in [0.25, 0.3) is 0 Å². The van der Waals surface area contributed by atoms with Gasteiger partial charge in [-0.25, -0.2) is 12.8 Å². The van der Waals surface area contributed by atoms with E-state index in [2.05, 4.69) is 15.6 Å². The van der Waals surface area contributed by atoms with Gasteiger partial charge >= 0.3 is 0 Å². The zero-order valence-corrected chi connectivity index (χ0v) is 16.8. The minimum atomic E-state index is -2.93. The molecule has 0 bridgehead atoms. The van der Waals surface area contributed by atoms with Crippen molar-refractivity contribution in [2.45, 2.75) is 25.5 Å². The third-order valence-electron chi connectivity index (χ3n) is 3.50. The molecule has 0 radical (unpaired) electrons. The van der Waals surface area contributed by atoms with Crippen LogP contribution in [-0.4, -0.2) is 51.6 Å². The van der Waals surface area contributed by atoms with Crippen molar-refractivity contribution in [2.75, 3.05) is 25.1 Å². The molecule has 0 amide bonds. The van der Waals surface area contributed by atoms with Gasteiger partial charge in [0, 0.05) is 13.1 Å². The summed E-state index contributed by atoms with van der Waals surface area (Å²) in [6, 6.07) is 5.72. The highest BCUT2D eigenvalue weighted by Crippen LogP contribution is 2.13. The molecule has 1 saturated heterocycles. The van der Waals surface area contributed by atoms with Crippen LogP contribution in [0.2, 0.25) is 0 Å². The summed E-state index contributed by atoms with van der Waals surface area (Å²) in [4.78, 5) is 4.08. The quantitative estimate of drug-likeness (QED) is 0.387. The first-order valence-corrected chi connectivity index (χ1v) is 9.30. The Balaban J connectivity index is 0.00000288. The zero-order chi connectivity index (χ0) is 16.9. The van der Waals surface area contributed by atoms with Gasteiger partial charge in [0.1, 0.15) is 17.7 Å². The standard InChI is InChI=1S/C15H22FN3O3S.HI/c1-11(22-14-5-3-12(16)4-6-14)9-18-15(17-2)19-13-7-8-23(20,21)10-13;/h3-6,11,13H,7-10H2,1-2H3,(H2,17,18,19);1H. The molecule has 0 spiro atoms. The van der Waals surface area contributed by atoms with Crippen LogP contribution in [0.3, 0.4) is 0 Å². The van der Waals surface area contributed by atoms with Gasteiger partial charge in [-0.2, -0.15) is 0 Å². The fourth-order valence-corrected chi connectivity index (χ4v) is 4.00. The van der Waals surface area contributed by atoms with Crippen LogP contribution < -0.4 is 15.4 Å². The highest BCUT2D eigenvalue weighted by atomic mass is 127. The lowest BCUT2D eigenvalue weighted by Gasteiger charge is -2.19. The van der Waals surface area contributed by atoms with Crippen LogP contribution in [0.1, 0.15) is 13.3 Å². The first-order valence-electron chi connectivity index (χ1n) is 7.48. The maximum absolute atomic E-state index is 12.8. The van der Waals surface area contributed by atoms with Crippen molar-refractivity contribution >= 4 is 39.8 Å². The van der Waals surface area contributed by atoms with E-state index in [0.29, 0.717) is 24.7 Å². The smallest absolute Gasteiger partial charge is 0.191 e. The first kappa shape index (κ1) is 20.9. The molecule has 1 aliphatic heterocycles. The lowest BCUT2D eigenvalue weighted by atomic mass is 10.3. The summed E-state index contributed by atoms with van der Waals surface area (Å²) in [6.45, 7) is 2.36. The van der Waals surface area contributed by atoms with Crippen LogP contribution in [0.15, 0.2) is 29.3 Å². The maximum atomic E-state index is 12.8. The maximum Gasteiger partial charge on any atom is 0.191 e. The molecule has 0 saturated carbocycles. The van der Waals surface area contributed by atoms with Gasteiger partial charge in [-0.05, 0) is 37.6 Å². The van der Waals surface area contributed by atoms with Crippen molar-refractivity contribution in [2.24, 2.45) is 4.99 Å². The monoisotopic (exact) mass is 471 g/mol. The Kier molecular flexibility index (Phi) is 8.20. The van der Waals surface area contributed by atoms with Gasteiger partial charge in [-0.3, -0.25) is 4.99 Å². The molecule has 2 unspecified atom stereocenters. The largest absolute Gasteiger partial charge is 0.489 e. The highest BCUT2D eigenvalue weighted by Gasteiger charge is 2.28. The van der Waals surface area contributed by atoms with E-state index in [-0.39, 0.29) is 53.4 Å². The third kappa shape index (κ3) is 6.80. The summed E-state index contributed by atoms with van der Waals surface area (Å²) in [5.41, 5.74) is 0. The van der Waals surface area contributed by atoms with Crippen LogP contribution in [0, 0.1) is 5.82 Å². The Morgan fingerprint density at radius 2 is 2.08 bits per heavy atom. The summed E-state index contributed by atoms with van der Waals surface area (Å²) in [5, 5.41) is 6.20. The molecule has 136 valence electrons. The van der Waals surface area contributed by atoms with Crippen molar-refractivity contribution in [1.29, 1.82) is 0 Å². The van der Waals surface area contributed by atoms with E-state index < -0.39 is 9.84 Å². The molecule has 1 fully saturated rings. The van der Waals surface area contributed by atoms with Crippen LogP contribution in [0.5, 0.6) is 5.75 Å². The van der Waals surface area contributed by atoms with Crippen LogP contribution in [-0.2, 0) is 9.84 Å². The second kappa shape index (κ2) is 9.40. The summed E-state index contributed by atoms with van der Waals surface area (Å²) in [6.07, 6.45) is 0.427. The molecule has 0 aliphatic carbocycles. The number of benzene rings is 1. The van der Waals surface area contributed by atoms with E-state index in [1.165, 1.54) is 12.1 Å². The molecule has 6 nitrogen and oxygen atoms in total. The Hall–Kier alpha value is -1.10.